The fourth-order valence-electron chi connectivity index (χ4n) is 16.3. The Bertz CT molecular complexity index is 3940. The first kappa shape index (κ1) is 24.9. The number of methoxy groups -OCH3 is 1. The zero-order valence-corrected chi connectivity index (χ0v) is 29.7. The van der Waals surface area contributed by atoms with Crippen LogP contribution in [-0.4, -0.2) is 13.1 Å². The molecule has 3 atom stereocenters. The van der Waals surface area contributed by atoms with Crippen molar-refractivity contribution in [3.05, 3.63) is 96.9 Å². The van der Waals surface area contributed by atoms with E-state index >= 15 is 0 Å². The lowest BCUT2D eigenvalue weighted by atomic mass is 9.70. The first-order chi connectivity index (χ1) is 26.1. The fraction of sp³-hybridized carbons (Fsp3) is 0.220. The molecular weight excluding hydrogens is 665 g/mol. The Morgan fingerprint density at radius 1 is 0.642 bits per heavy atom. The van der Waals surface area contributed by atoms with Crippen LogP contribution in [0.1, 0.15) is 69.5 Å². The van der Waals surface area contributed by atoms with Crippen molar-refractivity contribution in [3.63, 3.8) is 0 Å². The van der Waals surface area contributed by atoms with Crippen LogP contribution in [0.25, 0.3) is 114 Å². The van der Waals surface area contributed by atoms with Crippen LogP contribution in [0, 0.1) is 5.41 Å². The number of ether oxygens (including phenoxy) is 1. The van der Waals surface area contributed by atoms with Crippen molar-refractivity contribution in [1.82, 2.24) is 0 Å². The fourth-order valence-corrected chi connectivity index (χ4v) is 17.4. The van der Waals surface area contributed by atoms with Gasteiger partial charge >= 0.3 is 5.97 Å². The van der Waals surface area contributed by atoms with Crippen molar-refractivity contribution >= 4 is 131 Å². The van der Waals surface area contributed by atoms with Crippen molar-refractivity contribution in [2.75, 3.05) is 7.11 Å². The number of carbonyl (C=O) groups excluding carboxylic acids is 1. The number of esters is 1. The summed E-state index contributed by atoms with van der Waals surface area (Å²) in [5.41, 5.74) is 11.1. The maximum absolute atomic E-state index is 12.4. The molecule has 11 aromatic carbocycles. The highest BCUT2D eigenvalue weighted by Gasteiger charge is 2.90. The van der Waals surface area contributed by atoms with Crippen LogP contribution in [-0.2, 0) is 39.6 Å². The lowest BCUT2D eigenvalue weighted by Gasteiger charge is -2.32. The number of hydrogen-bond donors (Lipinski definition) is 0. The number of thiophene rings is 1. The molecule has 3 heteroatoms. The molecule has 0 bridgehead atoms. The largest absolute Gasteiger partial charge is 0.469 e. The maximum Gasteiger partial charge on any atom is 0.305 e. The van der Waals surface area contributed by atoms with E-state index in [1.165, 1.54) is 23.1 Å². The van der Waals surface area contributed by atoms with E-state index in [-0.39, 0.29) is 22.2 Å². The molecule has 244 valence electrons. The van der Waals surface area contributed by atoms with E-state index in [0.29, 0.717) is 6.42 Å². The van der Waals surface area contributed by atoms with Gasteiger partial charge in [0.15, 0.2) is 0 Å². The highest BCUT2D eigenvalue weighted by Crippen LogP contribution is 2.91. The van der Waals surface area contributed by atoms with E-state index in [4.69, 9.17) is 4.74 Å². The van der Waals surface area contributed by atoms with Gasteiger partial charge in [-0.3, -0.25) is 4.79 Å². The molecule has 1 fully saturated rings. The summed E-state index contributed by atoms with van der Waals surface area (Å²) in [6.07, 6.45) is 9.52. The molecule has 0 N–H and O–H groups in total. The Labute approximate surface area is 304 Å². The summed E-state index contributed by atoms with van der Waals surface area (Å²) in [6, 6.07) is 17.9. The first-order valence-electron chi connectivity index (χ1n) is 19.8. The van der Waals surface area contributed by atoms with Gasteiger partial charge in [0.2, 0.25) is 0 Å². The van der Waals surface area contributed by atoms with Gasteiger partial charge < -0.3 is 4.74 Å². The van der Waals surface area contributed by atoms with E-state index in [9.17, 15) is 4.79 Å². The van der Waals surface area contributed by atoms with Gasteiger partial charge in [-0.1, -0.05) is 36.8 Å². The standard InChI is InChI=1S/C50H26O2S/c1-52-27(51)6-2-3-7-49(26-5-4-8-53-26)48-16-24-14-22-12-20-11-21-10-18-9-19-13-23-15-25(17-48)46-44-33(23)37-29(19)28(18)35-32(21)36-30(20)31(22)38-34(24)47(50(46,48)49)45-42(38)40(36)39(35)41(37)43(44)45/h4-5,8-9,11,13-15,17H,2-3,6-7,10,12,16H2,1H3. The first-order valence-corrected chi connectivity index (χ1v) is 20.6. The highest BCUT2D eigenvalue weighted by atomic mass is 32.1. The molecule has 2 nitrogen and oxygen atoms in total. The number of rotatable bonds is 6. The predicted molar refractivity (Wildman–Crippen MR) is 217 cm³/mol. The number of benzene rings is 7. The minimum absolute atomic E-state index is 0.0307. The van der Waals surface area contributed by atoms with Crippen LogP contribution in [0.5, 0.6) is 0 Å². The lowest BCUT2D eigenvalue weighted by Crippen LogP contribution is -2.30. The lowest BCUT2D eigenvalue weighted by molar-refractivity contribution is -0.140. The SMILES string of the molecule is COC(=O)CCCCC1(c2cccs2)C23C=c4cc5cc6cc7c8c6c6c5c5c4C21c1c2c(cc4c9c%10c(cc(c%11c%10c%10c(c1c5c6c%10c8%11)c29)C7)C4)C3. The second-order valence-corrected chi connectivity index (χ2v) is 19.2. The summed E-state index contributed by atoms with van der Waals surface area (Å²) in [5.74, 6) is -0.0853. The molecule has 0 saturated heterocycles. The quantitative estimate of drug-likeness (QED) is 0.0986. The summed E-state index contributed by atoms with van der Waals surface area (Å²) in [4.78, 5) is 14.0. The summed E-state index contributed by atoms with van der Waals surface area (Å²) in [7, 11) is 1.53. The van der Waals surface area contributed by atoms with Gasteiger partial charge in [0.25, 0.3) is 0 Å². The van der Waals surface area contributed by atoms with Crippen molar-refractivity contribution < 1.29 is 9.53 Å². The van der Waals surface area contributed by atoms with Crippen molar-refractivity contribution in [2.45, 2.75) is 55.8 Å². The van der Waals surface area contributed by atoms with E-state index in [1.807, 2.05) is 11.3 Å². The summed E-state index contributed by atoms with van der Waals surface area (Å²) in [5, 5.41) is 35.5. The van der Waals surface area contributed by atoms with E-state index < -0.39 is 0 Å². The number of hydrogen-bond acceptors (Lipinski definition) is 3. The molecule has 0 amide bonds. The van der Waals surface area contributed by atoms with Crippen LogP contribution in [0.15, 0.2) is 47.8 Å². The molecule has 0 radical (unpaired) electrons. The normalized spacial score (nSPS) is 25.2. The summed E-state index contributed by atoms with van der Waals surface area (Å²) in [6.45, 7) is 0. The van der Waals surface area contributed by atoms with Crippen LogP contribution < -0.4 is 5.22 Å². The molecule has 6 aliphatic rings. The van der Waals surface area contributed by atoms with Crippen molar-refractivity contribution in [3.8, 4) is 0 Å². The third-order valence-electron chi connectivity index (χ3n) is 17.1. The Morgan fingerprint density at radius 2 is 1.25 bits per heavy atom. The summed E-state index contributed by atoms with van der Waals surface area (Å²) >= 11 is 1.99. The van der Waals surface area contributed by atoms with Crippen molar-refractivity contribution in [2.24, 2.45) is 5.41 Å². The molecule has 1 spiro atoms. The Balaban J connectivity index is 1.17. The molecule has 53 heavy (non-hydrogen) atoms. The van der Waals surface area contributed by atoms with Crippen LogP contribution >= 0.6 is 11.3 Å². The smallest absolute Gasteiger partial charge is 0.305 e. The maximum atomic E-state index is 12.4. The molecule has 0 aliphatic heterocycles. The Kier molecular flexibility index (Phi) is 3.15. The summed E-state index contributed by atoms with van der Waals surface area (Å²) < 4.78 is 5.13. The number of carbonyl (C=O) groups is 1. The van der Waals surface area contributed by atoms with Crippen LogP contribution in [0.2, 0.25) is 0 Å². The monoisotopic (exact) mass is 690 g/mol. The van der Waals surface area contributed by atoms with Gasteiger partial charge in [-0.05, 0) is 208 Å². The zero-order chi connectivity index (χ0) is 33.5. The second kappa shape index (κ2) is 6.71. The minimum Gasteiger partial charge on any atom is -0.469 e. The van der Waals surface area contributed by atoms with Gasteiger partial charge in [0.05, 0.1) is 7.11 Å². The third-order valence-corrected chi connectivity index (χ3v) is 18.1. The van der Waals surface area contributed by atoms with Gasteiger partial charge in [-0.2, -0.15) is 0 Å². The van der Waals surface area contributed by atoms with Crippen molar-refractivity contribution in [1.29, 1.82) is 0 Å². The van der Waals surface area contributed by atoms with E-state index in [1.54, 1.807) is 141 Å². The molecule has 1 heterocycles. The molecule has 12 aromatic rings. The minimum atomic E-state index is -0.104. The average molecular weight is 691 g/mol. The van der Waals surface area contributed by atoms with Crippen LogP contribution in [0.4, 0.5) is 0 Å². The highest BCUT2D eigenvalue weighted by molar-refractivity contribution is 7.10. The Morgan fingerprint density at radius 3 is 2.02 bits per heavy atom. The molecule has 1 aromatic heterocycles. The third kappa shape index (κ3) is 1.85. The van der Waals surface area contributed by atoms with E-state index in [0.717, 1.165) is 38.5 Å². The topological polar surface area (TPSA) is 26.3 Å². The van der Waals surface area contributed by atoms with Gasteiger partial charge in [0.1, 0.15) is 0 Å². The zero-order valence-electron chi connectivity index (χ0n) is 28.9. The van der Waals surface area contributed by atoms with Gasteiger partial charge in [-0.15, -0.1) is 11.3 Å². The molecule has 3 unspecified atom stereocenters. The van der Waals surface area contributed by atoms with Gasteiger partial charge in [0, 0.05) is 27.5 Å². The van der Waals surface area contributed by atoms with Crippen LogP contribution in [0.3, 0.4) is 0 Å². The molecule has 6 aliphatic carbocycles. The van der Waals surface area contributed by atoms with Gasteiger partial charge in [-0.25, -0.2) is 0 Å². The Hall–Kier alpha value is -5.25. The average Bonchev–Trinajstić information content (AvgIpc) is 3.96. The molecular formula is C50H26O2S. The second-order valence-electron chi connectivity index (χ2n) is 18.3. The molecule has 1 saturated carbocycles. The molecule has 18 rings (SSSR count). The predicted octanol–water partition coefficient (Wildman–Crippen LogP) is 11.1. The number of unbranched alkanes of at least 4 members (excludes halogenated alkanes) is 1. The van der Waals surface area contributed by atoms with E-state index in [2.05, 4.69) is 53.9 Å².